The molecule has 1 aromatic rings. The van der Waals surface area contributed by atoms with Crippen LogP contribution in [0, 0.1) is 0 Å². The van der Waals surface area contributed by atoms with E-state index in [1.165, 1.54) is 7.05 Å². The van der Waals surface area contributed by atoms with E-state index in [1.807, 2.05) is 6.07 Å². The molecule has 5 nitrogen and oxygen atoms in total. The summed E-state index contributed by atoms with van der Waals surface area (Å²) in [6, 6.07) is 8.00. The first-order valence-corrected chi connectivity index (χ1v) is 4.57. The second kappa shape index (κ2) is 3.30. The van der Waals surface area contributed by atoms with Crippen molar-refractivity contribution in [2.24, 2.45) is 0 Å². The maximum absolute atomic E-state index is 11.4. The van der Waals surface area contributed by atoms with Gasteiger partial charge in [-0.1, -0.05) is 30.3 Å². The lowest BCUT2D eigenvalue weighted by Gasteiger charge is -2.19. The molecule has 1 aliphatic heterocycles. The number of amides is 1. The van der Waals surface area contributed by atoms with Crippen molar-refractivity contribution in [1.82, 2.24) is 10.4 Å². The first-order valence-electron chi connectivity index (χ1n) is 4.57. The van der Waals surface area contributed by atoms with Crippen LogP contribution in [-0.2, 0) is 4.79 Å². The van der Waals surface area contributed by atoms with Crippen LogP contribution in [0.1, 0.15) is 11.6 Å². The van der Waals surface area contributed by atoms with Crippen LogP contribution in [0.2, 0.25) is 0 Å². The monoisotopic (exact) mass is 208 g/mol. The normalized spacial score (nSPS) is 24.6. The standard InChI is InChI=1S/C10H12N2O3/c1-12-9(13)10(14,15)8(11-12)7-5-3-2-4-6-7/h2-6,8,11,14-15H,1H3. The third kappa shape index (κ3) is 1.50. The van der Waals surface area contributed by atoms with E-state index >= 15 is 0 Å². The number of hydrogen-bond acceptors (Lipinski definition) is 4. The summed E-state index contributed by atoms with van der Waals surface area (Å²) in [6.07, 6.45) is 0. The van der Waals surface area contributed by atoms with Gasteiger partial charge in [-0.15, -0.1) is 0 Å². The van der Waals surface area contributed by atoms with Crippen LogP contribution in [-0.4, -0.2) is 34.0 Å². The van der Waals surface area contributed by atoms with Crippen molar-refractivity contribution >= 4 is 5.91 Å². The van der Waals surface area contributed by atoms with Gasteiger partial charge in [-0.3, -0.25) is 9.80 Å². The average molecular weight is 208 g/mol. The predicted molar refractivity (Wildman–Crippen MR) is 52.3 cm³/mol. The van der Waals surface area contributed by atoms with E-state index in [4.69, 9.17) is 0 Å². The van der Waals surface area contributed by atoms with Crippen molar-refractivity contribution in [2.75, 3.05) is 7.05 Å². The van der Waals surface area contributed by atoms with Gasteiger partial charge in [0.05, 0.1) is 0 Å². The summed E-state index contributed by atoms with van der Waals surface area (Å²) >= 11 is 0. The Kier molecular flexibility index (Phi) is 2.22. The highest BCUT2D eigenvalue weighted by Crippen LogP contribution is 2.30. The van der Waals surface area contributed by atoms with Crippen molar-refractivity contribution in [3.63, 3.8) is 0 Å². The zero-order chi connectivity index (χ0) is 11.1. The Bertz CT molecular complexity index is 378. The fourth-order valence-electron chi connectivity index (χ4n) is 1.67. The maximum atomic E-state index is 11.4. The van der Waals surface area contributed by atoms with Crippen molar-refractivity contribution in [1.29, 1.82) is 0 Å². The molecule has 5 heteroatoms. The van der Waals surface area contributed by atoms with Crippen LogP contribution in [0.15, 0.2) is 30.3 Å². The SMILES string of the molecule is CN1NC(c2ccccc2)C(O)(O)C1=O. The lowest BCUT2D eigenvalue weighted by Crippen LogP contribution is -2.41. The summed E-state index contributed by atoms with van der Waals surface area (Å²) in [5.74, 6) is -3.13. The largest absolute Gasteiger partial charge is 0.357 e. The lowest BCUT2D eigenvalue weighted by atomic mass is 10.0. The Morgan fingerprint density at radius 3 is 2.40 bits per heavy atom. The van der Waals surface area contributed by atoms with Gasteiger partial charge in [0, 0.05) is 7.05 Å². The molecule has 1 heterocycles. The van der Waals surface area contributed by atoms with E-state index < -0.39 is 17.7 Å². The third-order valence-corrected chi connectivity index (χ3v) is 2.48. The molecule has 0 aromatic heterocycles. The second-order valence-corrected chi connectivity index (χ2v) is 3.56. The molecular weight excluding hydrogens is 196 g/mol. The number of benzene rings is 1. The number of rotatable bonds is 1. The summed E-state index contributed by atoms with van der Waals surface area (Å²) in [6.45, 7) is 0. The third-order valence-electron chi connectivity index (χ3n) is 2.48. The Hall–Kier alpha value is -1.43. The zero-order valence-electron chi connectivity index (χ0n) is 8.21. The fraction of sp³-hybridized carbons (Fsp3) is 0.300. The van der Waals surface area contributed by atoms with E-state index in [0.29, 0.717) is 5.56 Å². The highest BCUT2D eigenvalue weighted by molar-refractivity contribution is 5.85. The lowest BCUT2D eigenvalue weighted by molar-refractivity contribution is -0.186. The molecule has 1 aliphatic rings. The molecule has 0 radical (unpaired) electrons. The van der Waals surface area contributed by atoms with Gasteiger partial charge in [-0.2, -0.15) is 0 Å². The number of hydrogen-bond donors (Lipinski definition) is 3. The highest BCUT2D eigenvalue weighted by atomic mass is 16.5. The number of nitrogens with zero attached hydrogens (tertiary/aromatic N) is 1. The van der Waals surface area contributed by atoms with Gasteiger partial charge < -0.3 is 10.2 Å². The number of hydrazine groups is 1. The molecular formula is C10H12N2O3. The molecule has 0 saturated carbocycles. The molecule has 2 rings (SSSR count). The topological polar surface area (TPSA) is 72.8 Å². The van der Waals surface area contributed by atoms with Gasteiger partial charge in [0.1, 0.15) is 6.04 Å². The summed E-state index contributed by atoms with van der Waals surface area (Å²) in [7, 11) is 1.45. The van der Waals surface area contributed by atoms with Crippen LogP contribution in [0.4, 0.5) is 0 Å². The van der Waals surface area contributed by atoms with E-state index in [1.54, 1.807) is 24.3 Å². The van der Waals surface area contributed by atoms with Crippen LogP contribution >= 0.6 is 0 Å². The summed E-state index contributed by atoms with van der Waals surface area (Å²) in [5.41, 5.74) is 3.35. The van der Waals surface area contributed by atoms with Crippen molar-refractivity contribution in [3.8, 4) is 0 Å². The Labute approximate surface area is 86.9 Å². The first kappa shape index (κ1) is 10.1. The molecule has 15 heavy (non-hydrogen) atoms. The van der Waals surface area contributed by atoms with Crippen LogP contribution in [0.25, 0.3) is 0 Å². The number of carbonyl (C=O) groups is 1. The molecule has 1 amide bonds. The molecule has 1 saturated heterocycles. The number of carbonyl (C=O) groups excluding carboxylic acids is 1. The summed E-state index contributed by atoms with van der Waals surface area (Å²) < 4.78 is 0. The molecule has 80 valence electrons. The van der Waals surface area contributed by atoms with Gasteiger partial charge >= 0.3 is 0 Å². The molecule has 0 spiro atoms. The van der Waals surface area contributed by atoms with Gasteiger partial charge in [-0.25, -0.2) is 5.43 Å². The molecule has 1 aromatic carbocycles. The minimum atomic E-state index is -2.38. The molecule has 0 bridgehead atoms. The van der Waals surface area contributed by atoms with Gasteiger partial charge in [0.25, 0.3) is 11.7 Å². The molecule has 1 unspecified atom stereocenters. The van der Waals surface area contributed by atoms with Crippen LogP contribution < -0.4 is 5.43 Å². The van der Waals surface area contributed by atoms with Gasteiger partial charge in [0.15, 0.2) is 0 Å². The second-order valence-electron chi connectivity index (χ2n) is 3.56. The fourth-order valence-corrected chi connectivity index (χ4v) is 1.67. The Morgan fingerprint density at radius 1 is 1.33 bits per heavy atom. The number of aliphatic hydroxyl groups is 2. The van der Waals surface area contributed by atoms with Crippen LogP contribution in [0.3, 0.4) is 0 Å². The predicted octanol–water partition coefficient (Wildman–Crippen LogP) is -0.615. The average Bonchev–Trinajstić information content (AvgIpc) is 2.43. The van der Waals surface area contributed by atoms with Crippen molar-refractivity contribution in [2.45, 2.75) is 11.8 Å². The summed E-state index contributed by atoms with van der Waals surface area (Å²) in [5, 5.41) is 20.4. The van der Waals surface area contributed by atoms with E-state index in [0.717, 1.165) is 5.01 Å². The molecule has 1 fully saturated rings. The van der Waals surface area contributed by atoms with E-state index in [9.17, 15) is 15.0 Å². The van der Waals surface area contributed by atoms with Crippen LogP contribution in [0.5, 0.6) is 0 Å². The van der Waals surface area contributed by atoms with Crippen molar-refractivity contribution in [3.05, 3.63) is 35.9 Å². The highest BCUT2D eigenvalue weighted by Gasteiger charge is 2.51. The first-order chi connectivity index (χ1) is 7.03. The maximum Gasteiger partial charge on any atom is 0.298 e. The molecule has 3 N–H and O–H groups in total. The molecule has 0 aliphatic carbocycles. The van der Waals surface area contributed by atoms with E-state index in [-0.39, 0.29) is 0 Å². The summed E-state index contributed by atoms with van der Waals surface area (Å²) in [4.78, 5) is 11.4. The Balaban J connectivity index is 2.36. The smallest absolute Gasteiger partial charge is 0.298 e. The van der Waals surface area contributed by atoms with Crippen molar-refractivity contribution < 1.29 is 15.0 Å². The number of likely N-dealkylation sites (N-methyl/N-ethyl adjacent to an activating group) is 1. The van der Waals surface area contributed by atoms with Gasteiger partial charge in [0.2, 0.25) is 0 Å². The Morgan fingerprint density at radius 2 is 1.93 bits per heavy atom. The van der Waals surface area contributed by atoms with E-state index in [2.05, 4.69) is 5.43 Å². The van der Waals surface area contributed by atoms with Gasteiger partial charge in [-0.05, 0) is 5.56 Å². The molecule has 1 atom stereocenters. The number of nitrogens with one attached hydrogen (secondary N) is 1. The quantitative estimate of drug-likeness (QED) is 0.538. The minimum absolute atomic E-state index is 0.653. The zero-order valence-corrected chi connectivity index (χ0v) is 8.21. The minimum Gasteiger partial charge on any atom is -0.357 e.